The van der Waals surface area contributed by atoms with E-state index in [9.17, 15) is 9.59 Å². The third-order valence-electron chi connectivity index (χ3n) is 2.16. The minimum atomic E-state index is -2.27. The van der Waals surface area contributed by atoms with Gasteiger partial charge < -0.3 is 13.6 Å². The zero-order valence-electron chi connectivity index (χ0n) is 12.8. The van der Waals surface area contributed by atoms with Gasteiger partial charge in [0.25, 0.3) is 0 Å². The largest absolute Gasteiger partial charge is 0.466 e. The average Bonchev–Trinajstić information content (AvgIpc) is 2.34. The fourth-order valence-corrected chi connectivity index (χ4v) is 9.02. The number of hydrogen-bond acceptors (Lipinski definition) is 7. The zero-order valence-corrected chi connectivity index (χ0v) is 14.8. The Balaban J connectivity index is 4.34. The highest BCUT2D eigenvalue weighted by Crippen LogP contribution is 2.15. The predicted molar refractivity (Wildman–Crippen MR) is 78.4 cm³/mol. The summed E-state index contributed by atoms with van der Waals surface area (Å²) in [5.41, 5.74) is 0. The van der Waals surface area contributed by atoms with Gasteiger partial charge in [-0.05, 0) is 26.2 Å². The number of carbonyl (C=O) groups is 2. The molecule has 0 aliphatic rings. The Hall–Kier alpha value is -1.69. The second kappa shape index (κ2) is 8.57. The molecule has 0 aliphatic heterocycles. The third-order valence-corrected chi connectivity index (χ3v) is 8.26. The van der Waals surface area contributed by atoms with E-state index in [0.29, 0.717) is 0 Å². The van der Waals surface area contributed by atoms with Crippen molar-refractivity contribution in [2.45, 2.75) is 39.0 Å². The number of esters is 2. The van der Waals surface area contributed by atoms with Crippen molar-refractivity contribution in [3.8, 4) is 12.1 Å². The zero-order chi connectivity index (χ0) is 16.5. The van der Waals surface area contributed by atoms with Gasteiger partial charge in [0.05, 0.1) is 12.1 Å². The van der Waals surface area contributed by atoms with Crippen LogP contribution in [0.15, 0.2) is 0 Å². The second-order valence-corrected chi connectivity index (χ2v) is 14.0. The maximum absolute atomic E-state index is 11.2. The molecule has 0 aromatic rings. The van der Waals surface area contributed by atoms with E-state index in [1.807, 2.05) is 26.2 Å². The van der Waals surface area contributed by atoms with Gasteiger partial charge in [-0.1, -0.05) is 0 Å². The molecule has 116 valence electrons. The summed E-state index contributed by atoms with van der Waals surface area (Å²) in [6, 6.07) is 3.44. The lowest BCUT2D eigenvalue weighted by atomic mass is 10.5. The highest BCUT2D eigenvalue weighted by molar-refractivity contribution is 6.84. The summed E-state index contributed by atoms with van der Waals surface area (Å²) in [6.07, 6.45) is -0.264. The second-order valence-electron chi connectivity index (χ2n) is 5.61. The first-order valence-electron chi connectivity index (χ1n) is 6.37. The Bertz CT molecular complexity index is 423. The van der Waals surface area contributed by atoms with Crippen molar-refractivity contribution in [2.24, 2.45) is 0 Å². The van der Waals surface area contributed by atoms with Crippen LogP contribution in [0.25, 0.3) is 0 Å². The van der Waals surface area contributed by atoms with E-state index in [2.05, 4.69) is 0 Å². The van der Waals surface area contributed by atoms with Crippen LogP contribution in [0.4, 0.5) is 0 Å². The molecule has 0 amide bonds. The molecule has 7 nitrogen and oxygen atoms in total. The third kappa shape index (κ3) is 9.79. The van der Waals surface area contributed by atoms with Crippen LogP contribution in [0, 0.1) is 22.7 Å². The molecule has 0 atom stereocenters. The van der Waals surface area contributed by atoms with Crippen molar-refractivity contribution < 1.29 is 23.2 Å². The molecule has 0 unspecified atom stereocenters. The summed E-state index contributed by atoms with van der Waals surface area (Å²) in [5.74, 6) is -1.14. The monoisotopic (exact) mass is 328 g/mol. The van der Waals surface area contributed by atoms with Gasteiger partial charge in [-0.3, -0.25) is 9.59 Å². The van der Waals surface area contributed by atoms with Gasteiger partial charge >= 0.3 is 11.9 Å². The van der Waals surface area contributed by atoms with Crippen molar-refractivity contribution in [1.82, 2.24) is 0 Å². The van der Waals surface area contributed by atoms with E-state index in [1.165, 1.54) is 0 Å². The van der Waals surface area contributed by atoms with Gasteiger partial charge in [-0.15, -0.1) is 0 Å². The minimum Gasteiger partial charge on any atom is -0.466 e. The molecule has 0 bridgehead atoms. The molecule has 21 heavy (non-hydrogen) atoms. The van der Waals surface area contributed by atoms with Crippen LogP contribution in [0.3, 0.4) is 0 Å². The lowest BCUT2D eigenvalue weighted by molar-refractivity contribution is -0.141. The topological polar surface area (TPSA) is 109 Å². The van der Waals surface area contributed by atoms with Gasteiger partial charge in [-0.25, -0.2) is 0 Å². The van der Waals surface area contributed by atoms with Gasteiger partial charge in [0, 0.05) is 0 Å². The standard InChI is InChI=1S/C12H20N2O5Si2/c1-20(2,9-17-11(15)5-7-13)19-21(3,4)10-18-12(16)6-8-14/h5-6,9-10H2,1-4H3. The number of nitriles is 2. The molecule has 0 radical (unpaired) electrons. The Morgan fingerprint density at radius 3 is 1.48 bits per heavy atom. The summed E-state index contributed by atoms with van der Waals surface area (Å²) < 4.78 is 16.0. The van der Waals surface area contributed by atoms with Gasteiger partial charge in [-0.2, -0.15) is 10.5 Å². The maximum atomic E-state index is 11.2. The maximum Gasteiger partial charge on any atom is 0.319 e. The molecule has 0 aromatic carbocycles. The molecule has 0 saturated carbocycles. The van der Waals surface area contributed by atoms with Crippen molar-refractivity contribution in [3.05, 3.63) is 0 Å². The highest BCUT2D eigenvalue weighted by atomic mass is 28.4. The van der Waals surface area contributed by atoms with Crippen LogP contribution < -0.4 is 0 Å². The quantitative estimate of drug-likeness (QED) is 0.489. The Morgan fingerprint density at radius 2 is 1.19 bits per heavy atom. The van der Waals surface area contributed by atoms with E-state index in [-0.39, 0.29) is 25.3 Å². The molecule has 0 aromatic heterocycles. The number of nitrogens with zero attached hydrogens (tertiary/aromatic N) is 2. The van der Waals surface area contributed by atoms with Crippen LogP contribution in [-0.4, -0.2) is 41.0 Å². The van der Waals surface area contributed by atoms with Crippen LogP contribution in [0.1, 0.15) is 12.8 Å². The van der Waals surface area contributed by atoms with Crippen molar-refractivity contribution in [2.75, 3.05) is 12.5 Å². The first-order chi connectivity index (χ1) is 9.62. The van der Waals surface area contributed by atoms with E-state index in [4.69, 9.17) is 24.1 Å². The molecule has 0 spiro atoms. The summed E-state index contributed by atoms with van der Waals surface area (Å²) >= 11 is 0. The molecule has 0 aliphatic carbocycles. The first-order valence-corrected chi connectivity index (χ1v) is 12.6. The van der Waals surface area contributed by atoms with E-state index >= 15 is 0 Å². The molecule has 0 rings (SSSR count). The Kier molecular flexibility index (Phi) is 7.88. The fourth-order valence-electron chi connectivity index (χ4n) is 1.55. The lowest BCUT2D eigenvalue weighted by Gasteiger charge is -2.32. The number of carbonyl (C=O) groups excluding carboxylic acids is 2. The Labute approximate surface area is 126 Å². The van der Waals surface area contributed by atoms with Gasteiger partial charge in [0.15, 0.2) is 0 Å². The van der Waals surface area contributed by atoms with Crippen molar-refractivity contribution >= 4 is 28.6 Å². The summed E-state index contributed by atoms with van der Waals surface area (Å²) in [7, 11) is -4.54. The average molecular weight is 328 g/mol. The van der Waals surface area contributed by atoms with Crippen LogP contribution in [-0.2, 0) is 23.2 Å². The van der Waals surface area contributed by atoms with Crippen molar-refractivity contribution in [3.63, 3.8) is 0 Å². The van der Waals surface area contributed by atoms with Gasteiger partial charge in [0.1, 0.15) is 25.3 Å². The smallest absolute Gasteiger partial charge is 0.319 e. The number of rotatable bonds is 8. The van der Waals surface area contributed by atoms with Crippen molar-refractivity contribution in [1.29, 1.82) is 10.5 Å². The molecule has 0 N–H and O–H groups in total. The molecule has 9 heteroatoms. The van der Waals surface area contributed by atoms with E-state index < -0.39 is 28.6 Å². The molecular formula is C12H20N2O5Si2. The normalized spacial score (nSPS) is 11.1. The predicted octanol–water partition coefficient (Wildman–Crippen LogP) is 1.41. The molecule has 0 saturated heterocycles. The summed E-state index contributed by atoms with van der Waals surface area (Å²) in [4.78, 5) is 22.4. The molecular weight excluding hydrogens is 308 g/mol. The van der Waals surface area contributed by atoms with Gasteiger partial charge in [0.2, 0.25) is 16.6 Å². The highest BCUT2D eigenvalue weighted by Gasteiger charge is 2.35. The van der Waals surface area contributed by atoms with E-state index in [1.54, 1.807) is 12.1 Å². The van der Waals surface area contributed by atoms with Crippen LogP contribution in [0.2, 0.25) is 26.2 Å². The van der Waals surface area contributed by atoms with Crippen LogP contribution in [0.5, 0.6) is 0 Å². The molecule has 0 heterocycles. The number of ether oxygens (including phenoxy) is 2. The first kappa shape index (κ1) is 19.3. The SMILES string of the molecule is C[Si](C)(COC(=O)CC#N)O[Si](C)(C)COC(=O)CC#N. The molecule has 0 fully saturated rings. The van der Waals surface area contributed by atoms with E-state index in [0.717, 1.165) is 0 Å². The number of hydrogen-bond donors (Lipinski definition) is 0. The summed E-state index contributed by atoms with van der Waals surface area (Å²) in [5, 5.41) is 16.8. The lowest BCUT2D eigenvalue weighted by Crippen LogP contribution is -2.51. The Morgan fingerprint density at radius 1 is 0.857 bits per heavy atom. The summed E-state index contributed by atoms with van der Waals surface area (Å²) in [6.45, 7) is 7.55. The fraction of sp³-hybridized carbons (Fsp3) is 0.667. The van der Waals surface area contributed by atoms with Crippen LogP contribution >= 0.6 is 0 Å². The minimum absolute atomic E-state index is 0.149.